The summed E-state index contributed by atoms with van der Waals surface area (Å²) >= 11 is 1.46. The van der Waals surface area contributed by atoms with Gasteiger partial charge in [0.05, 0.1) is 11.2 Å². The predicted molar refractivity (Wildman–Crippen MR) is 116 cm³/mol. The molecule has 1 aliphatic rings. The molecule has 160 valence electrons. The zero-order valence-electron chi connectivity index (χ0n) is 17.2. The zero-order valence-corrected chi connectivity index (χ0v) is 18.0. The van der Waals surface area contributed by atoms with Crippen LogP contribution in [0.1, 0.15) is 28.9 Å². The summed E-state index contributed by atoms with van der Waals surface area (Å²) in [6, 6.07) is 3.96. The average molecular weight is 431 g/mol. The lowest BCUT2D eigenvalue weighted by Crippen LogP contribution is -2.44. The number of carbonyl (C=O) groups is 1. The van der Waals surface area contributed by atoms with Crippen molar-refractivity contribution in [2.45, 2.75) is 31.8 Å². The van der Waals surface area contributed by atoms with E-state index in [4.69, 9.17) is 0 Å². The first kappa shape index (κ1) is 20.5. The van der Waals surface area contributed by atoms with Crippen LogP contribution in [0.4, 0.5) is 0 Å². The molecular weight excluding hydrogens is 404 g/mol. The van der Waals surface area contributed by atoms with Crippen molar-refractivity contribution in [3.8, 4) is 0 Å². The van der Waals surface area contributed by atoms with E-state index in [9.17, 15) is 14.4 Å². The van der Waals surface area contributed by atoms with Crippen molar-refractivity contribution in [2.75, 3.05) is 19.6 Å². The van der Waals surface area contributed by atoms with E-state index in [1.165, 1.54) is 23.0 Å². The number of thiophene rings is 1. The summed E-state index contributed by atoms with van der Waals surface area (Å²) in [4.78, 5) is 44.1. The van der Waals surface area contributed by atoms with Crippen molar-refractivity contribution in [2.24, 2.45) is 14.1 Å². The van der Waals surface area contributed by atoms with Gasteiger partial charge in [-0.2, -0.15) is 0 Å². The maximum absolute atomic E-state index is 12.5. The number of nitrogens with one attached hydrogen (secondary N) is 1. The van der Waals surface area contributed by atoms with Gasteiger partial charge in [-0.25, -0.2) is 9.78 Å². The smallest absolute Gasteiger partial charge is 0.332 e. The monoisotopic (exact) mass is 430 g/mol. The molecule has 0 saturated carbocycles. The predicted octanol–water partition coefficient (Wildman–Crippen LogP) is 0.780. The Kier molecular flexibility index (Phi) is 5.87. The van der Waals surface area contributed by atoms with E-state index in [0.29, 0.717) is 17.7 Å². The summed E-state index contributed by atoms with van der Waals surface area (Å²) in [5.74, 6) is 0.0198. The minimum absolute atomic E-state index is 0.0198. The zero-order chi connectivity index (χ0) is 21.3. The Hall–Kier alpha value is -2.72. The quantitative estimate of drug-likeness (QED) is 0.624. The number of likely N-dealkylation sites (tertiary alicyclic amines) is 1. The molecule has 0 aromatic carbocycles. The highest BCUT2D eigenvalue weighted by molar-refractivity contribution is 7.12. The number of fused-ring (bicyclic) bond motifs is 1. The molecule has 1 fully saturated rings. The van der Waals surface area contributed by atoms with Crippen molar-refractivity contribution >= 4 is 28.4 Å². The molecule has 0 radical (unpaired) electrons. The number of hydrogen-bond acceptors (Lipinski definition) is 6. The molecule has 3 aromatic heterocycles. The first-order valence-corrected chi connectivity index (χ1v) is 11.0. The van der Waals surface area contributed by atoms with Gasteiger partial charge >= 0.3 is 5.69 Å². The highest BCUT2D eigenvalue weighted by Crippen LogP contribution is 2.14. The van der Waals surface area contributed by atoms with Crippen LogP contribution < -0.4 is 16.6 Å². The first-order chi connectivity index (χ1) is 14.5. The SMILES string of the molecule is Cn1c(=O)c2c(ncn2CCCN2CCC(NC(=O)c3cccs3)CC2)n(C)c1=O. The van der Waals surface area contributed by atoms with E-state index < -0.39 is 0 Å². The van der Waals surface area contributed by atoms with Crippen LogP contribution in [-0.4, -0.2) is 55.2 Å². The Bertz CT molecular complexity index is 1150. The summed E-state index contributed by atoms with van der Waals surface area (Å²) in [6.07, 6.45) is 4.39. The standard InChI is InChI=1S/C20H26N6O3S/c1-23-17-16(19(28)24(2)20(23)29)26(13-21-17)9-4-8-25-10-6-14(7-11-25)22-18(27)15-5-3-12-30-15/h3,5,12-14H,4,6-11H2,1-2H3,(H,22,27). The van der Waals surface area contributed by atoms with Gasteiger partial charge in [0, 0.05) is 39.8 Å². The van der Waals surface area contributed by atoms with Crippen molar-refractivity contribution in [1.82, 2.24) is 28.9 Å². The Labute approximate surface area is 177 Å². The van der Waals surface area contributed by atoms with Crippen LogP contribution in [0.2, 0.25) is 0 Å². The molecule has 3 aromatic rings. The van der Waals surface area contributed by atoms with Gasteiger partial charge in [0.15, 0.2) is 11.2 Å². The lowest BCUT2D eigenvalue weighted by atomic mass is 10.0. The second-order valence-corrected chi connectivity index (χ2v) is 8.68. The largest absolute Gasteiger partial charge is 0.349 e. The van der Waals surface area contributed by atoms with Crippen molar-refractivity contribution in [1.29, 1.82) is 0 Å². The fraction of sp³-hybridized carbons (Fsp3) is 0.500. The molecular formula is C20H26N6O3S. The number of nitrogens with zero attached hydrogens (tertiary/aromatic N) is 5. The molecule has 0 spiro atoms. The molecule has 0 atom stereocenters. The molecule has 4 heterocycles. The lowest BCUT2D eigenvalue weighted by Gasteiger charge is -2.32. The van der Waals surface area contributed by atoms with E-state index in [2.05, 4.69) is 15.2 Å². The van der Waals surface area contributed by atoms with E-state index in [1.807, 2.05) is 22.1 Å². The molecule has 1 saturated heterocycles. The summed E-state index contributed by atoms with van der Waals surface area (Å²) in [5.41, 5.74) is 0.208. The topological polar surface area (TPSA) is 94.2 Å². The molecule has 4 rings (SSSR count). The molecule has 0 unspecified atom stereocenters. The van der Waals surface area contributed by atoms with Crippen LogP contribution >= 0.6 is 11.3 Å². The fourth-order valence-corrected chi connectivity index (χ4v) is 4.62. The van der Waals surface area contributed by atoms with E-state index in [-0.39, 0.29) is 23.2 Å². The molecule has 0 bridgehead atoms. The van der Waals surface area contributed by atoms with Gasteiger partial charge in [-0.1, -0.05) is 6.07 Å². The van der Waals surface area contributed by atoms with Gasteiger partial charge in [0.25, 0.3) is 11.5 Å². The van der Waals surface area contributed by atoms with Gasteiger partial charge in [-0.15, -0.1) is 11.3 Å². The molecule has 1 aliphatic heterocycles. The normalized spacial score (nSPS) is 15.7. The third-order valence-corrected chi connectivity index (χ3v) is 6.63. The number of amides is 1. The summed E-state index contributed by atoms with van der Waals surface area (Å²) < 4.78 is 4.36. The van der Waals surface area contributed by atoms with Crippen molar-refractivity contribution in [3.05, 3.63) is 49.6 Å². The first-order valence-electron chi connectivity index (χ1n) is 10.1. The number of aryl methyl sites for hydroxylation is 2. The minimum Gasteiger partial charge on any atom is -0.349 e. The Morgan fingerprint density at radius 1 is 1.20 bits per heavy atom. The van der Waals surface area contributed by atoms with Crippen LogP contribution in [0.25, 0.3) is 11.2 Å². The highest BCUT2D eigenvalue weighted by atomic mass is 32.1. The van der Waals surface area contributed by atoms with Crippen LogP contribution in [0.3, 0.4) is 0 Å². The highest BCUT2D eigenvalue weighted by Gasteiger charge is 2.21. The van der Waals surface area contributed by atoms with Crippen LogP contribution in [0.15, 0.2) is 33.4 Å². The minimum atomic E-state index is -0.369. The number of carbonyl (C=O) groups excluding carboxylic acids is 1. The Balaban J connectivity index is 1.29. The van der Waals surface area contributed by atoms with Gasteiger partial charge in [-0.3, -0.25) is 18.7 Å². The number of imidazole rings is 1. The average Bonchev–Trinajstić information content (AvgIpc) is 3.42. The lowest BCUT2D eigenvalue weighted by molar-refractivity contribution is 0.0914. The third-order valence-electron chi connectivity index (χ3n) is 5.76. The van der Waals surface area contributed by atoms with Crippen LogP contribution in [-0.2, 0) is 20.6 Å². The third kappa shape index (κ3) is 3.97. The second kappa shape index (κ2) is 8.57. The maximum Gasteiger partial charge on any atom is 0.332 e. The molecule has 0 aliphatic carbocycles. The van der Waals surface area contributed by atoms with Gasteiger partial charge in [-0.05, 0) is 37.3 Å². The number of piperidine rings is 1. The Morgan fingerprint density at radius 2 is 1.97 bits per heavy atom. The van der Waals surface area contributed by atoms with E-state index in [1.54, 1.807) is 13.4 Å². The number of aromatic nitrogens is 4. The maximum atomic E-state index is 12.5. The fourth-order valence-electron chi connectivity index (χ4n) is 4.00. The van der Waals surface area contributed by atoms with Gasteiger partial charge < -0.3 is 14.8 Å². The molecule has 9 nitrogen and oxygen atoms in total. The Morgan fingerprint density at radius 3 is 2.67 bits per heavy atom. The number of hydrogen-bond donors (Lipinski definition) is 1. The second-order valence-electron chi connectivity index (χ2n) is 7.74. The van der Waals surface area contributed by atoms with Crippen molar-refractivity contribution < 1.29 is 4.79 Å². The molecule has 30 heavy (non-hydrogen) atoms. The van der Waals surface area contributed by atoms with Gasteiger partial charge in [0.1, 0.15) is 0 Å². The van der Waals surface area contributed by atoms with Crippen LogP contribution in [0.5, 0.6) is 0 Å². The summed E-state index contributed by atoms with van der Waals surface area (Å²) in [7, 11) is 3.12. The molecule has 1 amide bonds. The molecule has 10 heteroatoms. The number of rotatable bonds is 6. The van der Waals surface area contributed by atoms with Crippen molar-refractivity contribution in [3.63, 3.8) is 0 Å². The molecule has 1 N–H and O–H groups in total. The summed E-state index contributed by atoms with van der Waals surface area (Å²) in [6.45, 7) is 3.46. The van der Waals surface area contributed by atoms with Gasteiger partial charge in [0.2, 0.25) is 0 Å². The summed E-state index contributed by atoms with van der Waals surface area (Å²) in [5, 5.41) is 5.04. The van der Waals surface area contributed by atoms with E-state index in [0.717, 1.165) is 48.3 Å². The van der Waals surface area contributed by atoms with E-state index >= 15 is 0 Å². The van der Waals surface area contributed by atoms with Crippen LogP contribution in [0, 0.1) is 0 Å².